The van der Waals surface area contributed by atoms with Crippen LogP contribution in [0.4, 0.5) is 0 Å². The van der Waals surface area contributed by atoms with Crippen LogP contribution in [-0.2, 0) is 13.9 Å². The van der Waals surface area contributed by atoms with Crippen LogP contribution >= 0.6 is 7.74 Å². The SMILES string of the molecule is COP1(O)(O)OO1. The molecule has 2 N–H and O–H groups in total. The molecule has 0 atom stereocenters. The van der Waals surface area contributed by atoms with E-state index in [1.807, 2.05) is 0 Å². The third-order valence-electron chi connectivity index (χ3n) is 0.581. The average molecular weight is 128 g/mol. The molecule has 1 aliphatic heterocycles. The van der Waals surface area contributed by atoms with E-state index in [2.05, 4.69) is 13.9 Å². The van der Waals surface area contributed by atoms with Crippen LogP contribution in [0.15, 0.2) is 0 Å². The molecule has 0 aromatic heterocycles. The van der Waals surface area contributed by atoms with E-state index in [-0.39, 0.29) is 0 Å². The first-order chi connectivity index (χ1) is 3.05. The van der Waals surface area contributed by atoms with Crippen molar-refractivity contribution >= 4 is 7.74 Å². The zero-order chi connectivity index (χ0) is 5.57. The summed E-state index contributed by atoms with van der Waals surface area (Å²) in [6.07, 6.45) is 0. The van der Waals surface area contributed by atoms with Crippen molar-refractivity contribution in [3.8, 4) is 0 Å². The Morgan fingerprint density at radius 3 is 1.86 bits per heavy atom. The molecule has 0 unspecified atom stereocenters. The van der Waals surface area contributed by atoms with Gasteiger partial charge in [0, 0.05) is 0 Å². The van der Waals surface area contributed by atoms with E-state index in [4.69, 9.17) is 9.79 Å². The topological polar surface area (TPSA) is 74.8 Å². The number of hydrogen-bond acceptors (Lipinski definition) is 5. The second kappa shape index (κ2) is 0.974. The Balaban J connectivity index is 2.58. The summed E-state index contributed by atoms with van der Waals surface area (Å²) in [7, 11) is -3.24. The normalized spacial score (nSPS) is 38.4. The minimum absolute atomic E-state index is 1.09. The van der Waals surface area contributed by atoms with Gasteiger partial charge in [-0.25, -0.2) is 0 Å². The van der Waals surface area contributed by atoms with Gasteiger partial charge in [0.25, 0.3) is 0 Å². The molecule has 1 saturated heterocycles. The molecule has 0 bridgehead atoms. The first-order valence-electron chi connectivity index (χ1n) is 1.52. The van der Waals surface area contributed by atoms with Crippen molar-refractivity contribution in [1.82, 2.24) is 0 Å². The molecular weight excluding hydrogens is 123 g/mol. The fourth-order valence-corrected chi connectivity index (χ4v) is 0.573. The molecular formula is CH5O5P. The Morgan fingerprint density at radius 1 is 1.43 bits per heavy atom. The molecule has 1 rings (SSSR count). The Hall–Kier alpha value is 0.230. The van der Waals surface area contributed by atoms with Crippen LogP contribution in [0, 0.1) is 0 Å². The van der Waals surface area contributed by atoms with Crippen molar-refractivity contribution in [2.24, 2.45) is 0 Å². The summed E-state index contributed by atoms with van der Waals surface area (Å²) >= 11 is 0. The Kier molecular flexibility index (Phi) is 0.747. The van der Waals surface area contributed by atoms with Gasteiger partial charge in [-0.05, 0) is 0 Å². The Morgan fingerprint density at radius 2 is 1.86 bits per heavy atom. The van der Waals surface area contributed by atoms with Crippen LogP contribution in [-0.4, -0.2) is 16.9 Å². The van der Waals surface area contributed by atoms with Crippen molar-refractivity contribution < 1.29 is 23.7 Å². The molecule has 0 spiro atoms. The van der Waals surface area contributed by atoms with Gasteiger partial charge in [0.15, 0.2) is 0 Å². The molecule has 7 heavy (non-hydrogen) atoms. The summed E-state index contributed by atoms with van der Waals surface area (Å²) in [6.45, 7) is 0. The standard InChI is InChI=1S/CH5O5P/c1-4-7(2,3)5-6-7/h2-3H,1H3. The molecule has 5 nitrogen and oxygen atoms in total. The summed E-state index contributed by atoms with van der Waals surface area (Å²) < 4.78 is 11.5. The fraction of sp³-hybridized carbons (Fsp3) is 1.00. The molecule has 0 saturated carbocycles. The van der Waals surface area contributed by atoms with Gasteiger partial charge in [0.1, 0.15) is 0 Å². The van der Waals surface area contributed by atoms with Crippen molar-refractivity contribution in [2.45, 2.75) is 0 Å². The van der Waals surface area contributed by atoms with Gasteiger partial charge in [-0.15, -0.1) is 0 Å². The van der Waals surface area contributed by atoms with E-state index in [1.54, 1.807) is 0 Å². The third-order valence-corrected chi connectivity index (χ3v) is 1.74. The zero-order valence-corrected chi connectivity index (χ0v) is 4.46. The molecule has 0 aliphatic carbocycles. The Labute approximate surface area is 39.7 Å². The van der Waals surface area contributed by atoms with Gasteiger partial charge in [0.2, 0.25) is 0 Å². The van der Waals surface area contributed by atoms with Crippen LogP contribution in [0.3, 0.4) is 0 Å². The Bertz CT molecular complexity index is 90.3. The van der Waals surface area contributed by atoms with Crippen LogP contribution in [0.5, 0.6) is 0 Å². The maximum absolute atomic E-state index is 8.42. The van der Waals surface area contributed by atoms with E-state index < -0.39 is 7.74 Å². The van der Waals surface area contributed by atoms with Crippen LogP contribution in [0.25, 0.3) is 0 Å². The van der Waals surface area contributed by atoms with Crippen LogP contribution in [0.2, 0.25) is 0 Å². The molecule has 1 aliphatic rings. The monoisotopic (exact) mass is 128 g/mol. The quantitative estimate of drug-likeness (QED) is 0.288. The fourth-order valence-electron chi connectivity index (χ4n) is 0.104. The summed E-state index contributed by atoms with van der Waals surface area (Å²) in [5.74, 6) is 0. The third kappa shape index (κ3) is 0.884. The summed E-state index contributed by atoms with van der Waals surface area (Å²) in [5.41, 5.74) is 0. The van der Waals surface area contributed by atoms with E-state index >= 15 is 0 Å². The number of rotatable bonds is 1. The molecule has 1 fully saturated rings. The molecule has 6 heteroatoms. The summed E-state index contributed by atoms with van der Waals surface area (Å²) in [5, 5.41) is 0. The first-order valence-corrected chi connectivity index (χ1v) is 3.42. The average Bonchev–Trinajstić information content (AvgIpc) is 2.20. The molecule has 0 aromatic rings. The summed E-state index contributed by atoms with van der Waals surface area (Å²) in [6, 6.07) is 0. The van der Waals surface area contributed by atoms with E-state index in [0.29, 0.717) is 0 Å². The van der Waals surface area contributed by atoms with Crippen LogP contribution < -0.4 is 0 Å². The second-order valence-electron chi connectivity index (χ2n) is 1.13. The predicted molar refractivity (Wildman–Crippen MR) is 20.5 cm³/mol. The second-order valence-corrected chi connectivity index (χ2v) is 3.40. The van der Waals surface area contributed by atoms with Crippen molar-refractivity contribution in [3.05, 3.63) is 0 Å². The van der Waals surface area contributed by atoms with E-state index in [1.165, 1.54) is 0 Å². The molecule has 44 valence electrons. The van der Waals surface area contributed by atoms with Gasteiger partial charge in [-0.2, -0.15) is 0 Å². The van der Waals surface area contributed by atoms with Crippen molar-refractivity contribution in [1.29, 1.82) is 0 Å². The first kappa shape index (κ1) is 5.37. The van der Waals surface area contributed by atoms with Gasteiger partial charge < -0.3 is 0 Å². The maximum atomic E-state index is 8.42. The minimum atomic E-state index is -4.33. The van der Waals surface area contributed by atoms with Gasteiger partial charge in [0.05, 0.1) is 0 Å². The molecule has 0 amide bonds. The number of hydrogen-bond donors (Lipinski definition) is 2. The van der Waals surface area contributed by atoms with Crippen molar-refractivity contribution in [3.63, 3.8) is 0 Å². The molecule has 1 heterocycles. The van der Waals surface area contributed by atoms with E-state index in [9.17, 15) is 0 Å². The molecule has 0 radical (unpaired) electrons. The van der Waals surface area contributed by atoms with E-state index in [0.717, 1.165) is 7.11 Å². The van der Waals surface area contributed by atoms with Gasteiger partial charge in [-0.1, -0.05) is 0 Å². The predicted octanol–water partition coefficient (Wildman–Crippen LogP) is -0.293. The van der Waals surface area contributed by atoms with Gasteiger partial charge in [-0.3, -0.25) is 0 Å². The zero-order valence-electron chi connectivity index (χ0n) is 3.57. The van der Waals surface area contributed by atoms with Crippen LogP contribution in [0.1, 0.15) is 0 Å². The van der Waals surface area contributed by atoms with Gasteiger partial charge >= 0.3 is 38.5 Å². The van der Waals surface area contributed by atoms with Crippen molar-refractivity contribution in [2.75, 3.05) is 7.11 Å². The summed E-state index contributed by atoms with van der Waals surface area (Å²) in [4.78, 5) is 16.8. The molecule has 0 aromatic carbocycles.